The number of hydrogen-bond acceptors (Lipinski definition) is 2. The topological polar surface area (TPSA) is 49.4 Å². The van der Waals surface area contributed by atoms with Crippen molar-refractivity contribution in [1.29, 1.82) is 0 Å². The Hall–Kier alpha value is -3.14. The van der Waals surface area contributed by atoms with E-state index in [9.17, 15) is 9.59 Å². The molecule has 1 N–H and O–H groups in total. The number of amides is 2. The van der Waals surface area contributed by atoms with Gasteiger partial charge in [0, 0.05) is 26.1 Å². The van der Waals surface area contributed by atoms with E-state index in [2.05, 4.69) is 85.1 Å². The first-order valence-electron chi connectivity index (χ1n) is 15.0. The fourth-order valence-corrected chi connectivity index (χ4v) is 4.92. The summed E-state index contributed by atoms with van der Waals surface area (Å²) in [6.07, 6.45) is 30.0. The number of likely N-dealkylation sites (N-methyl/N-ethyl adjacent to an activating group) is 1. The van der Waals surface area contributed by atoms with E-state index in [4.69, 9.17) is 0 Å². The van der Waals surface area contributed by atoms with Crippen LogP contribution < -0.4 is 5.32 Å². The maximum atomic E-state index is 13.4. The minimum atomic E-state index is -0.491. The van der Waals surface area contributed by atoms with Gasteiger partial charge in [0.05, 0.1) is 5.41 Å². The van der Waals surface area contributed by atoms with Gasteiger partial charge in [-0.05, 0) is 76.7 Å². The average Bonchev–Trinajstić information content (AvgIpc) is 3.70. The fourth-order valence-electron chi connectivity index (χ4n) is 4.92. The van der Waals surface area contributed by atoms with Gasteiger partial charge in [0.25, 0.3) is 0 Å². The van der Waals surface area contributed by atoms with Crippen LogP contribution in [0.15, 0.2) is 91.1 Å². The Morgan fingerprint density at radius 1 is 0.821 bits per heavy atom. The number of carbonyl (C=O) groups is 2. The molecule has 0 spiro atoms. The number of allylic oxidation sites excluding steroid dienone is 10. The van der Waals surface area contributed by atoms with Crippen LogP contribution in [-0.2, 0) is 15.0 Å². The molecule has 2 atom stereocenters. The van der Waals surface area contributed by atoms with Crippen LogP contribution in [0.2, 0.25) is 0 Å². The molecule has 1 aliphatic carbocycles. The second-order valence-corrected chi connectivity index (χ2v) is 10.1. The number of nitrogens with one attached hydrogen (secondary N) is 1. The summed E-state index contributed by atoms with van der Waals surface area (Å²) in [5, 5.41) is 3.10. The highest BCUT2D eigenvalue weighted by Gasteiger charge is 2.61. The summed E-state index contributed by atoms with van der Waals surface area (Å²) in [4.78, 5) is 27.7. The zero-order valence-electron chi connectivity index (χ0n) is 24.5. The maximum absolute atomic E-state index is 13.4. The van der Waals surface area contributed by atoms with Crippen molar-refractivity contribution in [3.05, 3.63) is 96.7 Å². The molecule has 0 aromatic heterocycles. The Kier molecular flexibility index (Phi) is 15.6. The van der Waals surface area contributed by atoms with E-state index in [0.717, 1.165) is 56.9 Å². The molecule has 2 amide bonds. The van der Waals surface area contributed by atoms with Crippen molar-refractivity contribution in [1.82, 2.24) is 10.2 Å². The molecule has 1 unspecified atom stereocenters. The van der Waals surface area contributed by atoms with Gasteiger partial charge < -0.3 is 10.2 Å². The van der Waals surface area contributed by atoms with Gasteiger partial charge in [-0.15, -0.1) is 0 Å². The third kappa shape index (κ3) is 11.2. The Balaban J connectivity index is 1.61. The van der Waals surface area contributed by atoms with Crippen LogP contribution in [-0.4, -0.2) is 36.3 Å². The van der Waals surface area contributed by atoms with Crippen molar-refractivity contribution in [2.24, 2.45) is 5.92 Å². The molecule has 4 heteroatoms. The van der Waals surface area contributed by atoms with E-state index in [0.29, 0.717) is 26.1 Å². The standard InChI is InChI=1S/C35H50N2O2/c1-4-7-8-9-10-11-12-13-14-15-16-17-18-19-20-21-25-28-33(38)36-30-32-29-35(32,31-26-23-22-24-27-31)34(39)37(5-2)6-3/h7-8,10-11,13-14,16-17,19-20,22-24,26-27,32H,4-6,9,12,15,18,21,25,28-30H2,1-3H3,(H,36,38)/t32?,35-/m0/s1. The fraction of sp³-hybridized carbons (Fsp3) is 0.486. The van der Waals surface area contributed by atoms with Gasteiger partial charge in [-0.25, -0.2) is 0 Å². The third-order valence-corrected chi connectivity index (χ3v) is 7.30. The van der Waals surface area contributed by atoms with Crippen molar-refractivity contribution in [3.8, 4) is 0 Å². The van der Waals surface area contributed by atoms with Gasteiger partial charge in [-0.2, -0.15) is 0 Å². The van der Waals surface area contributed by atoms with Crippen molar-refractivity contribution >= 4 is 11.8 Å². The second-order valence-electron chi connectivity index (χ2n) is 10.1. The molecule has 0 aliphatic heterocycles. The molecule has 39 heavy (non-hydrogen) atoms. The number of unbranched alkanes of at least 4 members (excludes halogenated alkanes) is 1. The Labute approximate surface area is 237 Å². The monoisotopic (exact) mass is 530 g/mol. The largest absolute Gasteiger partial charge is 0.356 e. The van der Waals surface area contributed by atoms with E-state index >= 15 is 0 Å². The Morgan fingerprint density at radius 3 is 1.90 bits per heavy atom. The van der Waals surface area contributed by atoms with Gasteiger partial charge >= 0.3 is 0 Å². The van der Waals surface area contributed by atoms with Gasteiger partial charge in [0.2, 0.25) is 11.8 Å². The summed E-state index contributed by atoms with van der Waals surface area (Å²) >= 11 is 0. The second kappa shape index (κ2) is 19.0. The molecule has 0 radical (unpaired) electrons. The quantitative estimate of drug-likeness (QED) is 0.146. The van der Waals surface area contributed by atoms with Crippen molar-refractivity contribution in [2.45, 2.75) is 84.0 Å². The summed E-state index contributed by atoms with van der Waals surface area (Å²) in [5.41, 5.74) is 0.578. The molecular weight excluding hydrogens is 480 g/mol. The van der Waals surface area contributed by atoms with Crippen LogP contribution in [0.5, 0.6) is 0 Å². The predicted octanol–water partition coefficient (Wildman–Crippen LogP) is 7.85. The highest BCUT2D eigenvalue weighted by molar-refractivity contribution is 5.92. The molecule has 1 aromatic rings. The van der Waals surface area contributed by atoms with Gasteiger partial charge in [0.15, 0.2) is 0 Å². The normalized spacial score (nSPS) is 19.2. The summed E-state index contributed by atoms with van der Waals surface area (Å²) in [6, 6.07) is 10.1. The van der Waals surface area contributed by atoms with E-state index in [1.165, 1.54) is 0 Å². The summed E-state index contributed by atoms with van der Waals surface area (Å²) in [5.74, 6) is 0.422. The molecule has 2 rings (SSSR count). The first-order chi connectivity index (χ1) is 19.1. The van der Waals surface area contributed by atoms with E-state index in [1.54, 1.807) is 0 Å². The smallest absolute Gasteiger partial charge is 0.233 e. The Bertz CT molecular complexity index is 985. The molecule has 0 heterocycles. The van der Waals surface area contributed by atoms with Crippen molar-refractivity contribution in [2.75, 3.05) is 19.6 Å². The average molecular weight is 531 g/mol. The molecule has 212 valence electrons. The lowest BCUT2D eigenvalue weighted by Crippen LogP contribution is -2.41. The highest BCUT2D eigenvalue weighted by atomic mass is 16.2. The van der Waals surface area contributed by atoms with Crippen molar-refractivity contribution in [3.63, 3.8) is 0 Å². The SMILES string of the molecule is CCC=CCC=CCC=CCC=CCC=CCCCC(=O)NCC1C[C@]1(C(=O)N(CC)CC)c1ccccc1. The molecule has 0 bridgehead atoms. The number of nitrogens with zero attached hydrogens (tertiary/aromatic N) is 1. The number of carbonyl (C=O) groups excluding carboxylic acids is 2. The molecule has 1 aliphatic rings. The van der Waals surface area contributed by atoms with Gasteiger partial charge in [-0.3, -0.25) is 9.59 Å². The van der Waals surface area contributed by atoms with Crippen LogP contribution >= 0.6 is 0 Å². The first-order valence-corrected chi connectivity index (χ1v) is 15.0. The van der Waals surface area contributed by atoms with Crippen LogP contribution in [0, 0.1) is 5.92 Å². The number of benzene rings is 1. The summed E-state index contributed by atoms with van der Waals surface area (Å²) in [7, 11) is 0. The van der Waals surface area contributed by atoms with Gasteiger partial charge in [-0.1, -0.05) is 98.0 Å². The number of hydrogen-bond donors (Lipinski definition) is 1. The lowest BCUT2D eigenvalue weighted by Gasteiger charge is -2.26. The zero-order valence-corrected chi connectivity index (χ0v) is 24.5. The third-order valence-electron chi connectivity index (χ3n) is 7.30. The first kappa shape index (κ1) is 32.1. The van der Waals surface area contributed by atoms with Crippen LogP contribution in [0.25, 0.3) is 0 Å². The minimum absolute atomic E-state index is 0.0755. The molecular formula is C35H50N2O2. The predicted molar refractivity (Wildman–Crippen MR) is 165 cm³/mol. The van der Waals surface area contributed by atoms with E-state index in [1.807, 2.05) is 36.9 Å². The zero-order chi connectivity index (χ0) is 28.2. The van der Waals surface area contributed by atoms with Gasteiger partial charge in [0.1, 0.15) is 0 Å². The lowest BCUT2D eigenvalue weighted by atomic mass is 9.91. The van der Waals surface area contributed by atoms with E-state index in [-0.39, 0.29) is 17.7 Å². The maximum Gasteiger partial charge on any atom is 0.233 e. The molecule has 4 nitrogen and oxygen atoms in total. The number of rotatable bonds is 19. The summed E-state index contributed by atoms with van der Waals surface area (Å²) in [6.45, 7) is 8.17. The van der Waals surface area contributed by atoms with Crippen LogP contribution in [0.3, 0.4) is 0 Å². The summed E-state index contributed by atoms with van der Waals surface area (Å²) < 4.78 is 0. The van der Waals surface area contributed by atoms with Crippen LogP contribution in [0.4, 0.5) is 0 Å². The molecule has 1 fully saturated rings. The molecule has 1 saturated carbocycles. The van der Waals surface area contributed by atoms with Crippen molar-refractivity contribution < 1.29 is 9.59 Å². The lowest BCUT2D eigenvalue weighted by molar-refractivity contribution is -0.134. The molecule has 1 aromatic carbocycles. The highest BCUT2D eigenvalue weighted by Crippen LogP contribution is 2.55. The van der Waals surface area contributed by atoms with Crippen LogP contribution in [0.1, 0.15) is 84.1 Å². The molecule has 0 saturated heterocycles. The van der Waals surface area contributed by atoms with E-state index < -0.39 is 5.41 Å². The minimum Gasteiger partial charge on any atom is -0.356 e. The Morgan fingerprint density at radius 2 is 1.36 bits per heavy atom.